The maximum Gasteiger partial charge on any atom is -0.00196 e. The Hall–Kier alpha value is -2.08. The minimum absolute atomic E-state index is 0.934. The summed E-state index contributed by atoms with van der Waals surface area (Å²) in [6.45, 7) is 7.65. The third kappa shape index (κ3) is 2.73. The second kappa shape index (κ2) is 5.31. The Bertz CT molecular complexity index is 535. The van der Waals surface area contributed by atoms with Crippen molar-refractivity contribution >= 4 is 12.2 Å². The zero-order valence-electron chi connectivity index (χ0n) is 9.89. The van der Waals surface area contributed by atoms with Crippen molar-refractivity contribution in [1.29, 1.82) is 0 Å². The fourth-order valence-corrected chi connectivity index (χ4v) is 1.94. The van der Waals surface area contributed by atoms with Gasteiger partial charge in [-0.25, -0.2) is 0 Å². The highest BCUT2D eigenvalue weighted by atomic mass is 14.0. The lowest BCUT2D eigenvalue weighted by atomic mass is 9.98. The molecule has 0 aliphatic rings. The highest BCUT2D eigenvalue weighted by Gasteiger charge is 2.00. The molecule has 0 saturated heterocycles. The van der Waals surface area contributed by atoms with Crippen LogP contribution in [-0.2, 0) is 6.42 Å². The first-order valence-electron chi connectivity index (χ1n) is 5.75. The summed E-state index contributed by atoms with van der Waals surface area (Å²) < 4.78 is 0. The van der Waals surface area contributed by atoms with Gasteiger partial charge in [0, 0.05) is 0 Å². The molecule has 0 heteroatoms. The molecular weight excluding hydrogens is 204 g/mol. The topological polar surface area (TPSA) is 0 Å². The zero-order valence-corrected chi connectivity index (χ0v) is 9.89. The van der Waals surface area contributed by atoms with Crippen molar-refractivity contribution in [3.05, 3.63) is 83.9 Å². The second-order valence-electron chi connectivity index (χ2n) is 4.03. The highest BCUT2D eigenvalue weighted by Crippen LogP contribution is 2.16. The van der Waals surface area contributed by atoms with Crippen LogP contribution in [0.4, 0.5) is 0 Å². The Kier molecular flexibility index (Phi) is 3.56. The molecule has 2 aromatic rings. The van der Waals surface area contributed by atoms with Gasteiger partial charge in [-0.1, -0.05) is 73.8 Å². The van der Waals surface area contributed by atoms with Gasteiger partial charge in [0.05, 0.1) is 0 Å². The smallest absolute Gasteiger partial charge is 0.00196 e. The summed E-state index contributed by atoms with van der Waals surface area (Å²) >= 11 is 0. The molecule has 0 N–H and O–H groups in total. The van der Waals surface area contributed by atoms with Gasteiger partial charge in [0.15, 0.2) is 0 Å². The van der Waals surface area contributed by atoms with E-state index in [0.717, 1.165) is 6.42 Å². The van der Waals surface area contributed by atoms with Crippen LogP contribution in [0.5, 0.6) is 0 Å². The van der Waals surface area contributed by atoms with Gasteiger partial charge in [0.2, 0.25) is 0 Å². The van der Waals surface area contributed by atoms with E-state index < -0.39 is 0 Å². The Morgan fingerprint density at radius 2 is 1.71 bits per heavy atom. The predicted molar refractivity (Wildman–Crippen MR) is 75.9 cm³/mol. The largest absolute Gasteiger partial charge is 0.0985 e. The van der Waals surface area contributed by atoms with Crippen LogP contribution in [0.15, 0.2) is 61.7 Å². The van der Waals surface area contributed by atoms with E-state index in [4.69, 9.17) is 0 Å². The molecule has 0 unspecified atom stereocenters. The van der Waals surface area contributed by atoms with Gasteiger partial charge in [0.1, 0.15) is 0 Å². The van der Waals surface area contributed by atoms with Gasteiger partial charge in [0.25, 0.3) is 0 Å². The molecule has 0 aliphatic heterocycles. The van der Waals surface area contributed by atoms with Crippen molar-refractivity contribution in [2.75, 3.05) is 0 Å². The molecule has 84 valence electrons. The SMILES string of the molecule is C=Cc1cccc(Cc2ccccc2C=C)c1. The third-order valence-electron chi connectivity index (χ3n) is 2.86. The van der Waals surface area contributed by atoms with Crippen LogP contribution in [0.25, 0.3) is 12.2 Å². The average Bonchev–Trinajstić information content (AvgIpc) is 2.39. The minimum atomic E-state index is 0.934. The van der Waals surface area contributed by atoms with Crippen molar-refractivity contribution in [2.24, 2.45) is 0 Å². The average molecular weight is 220 g/mol. The molecule has 0 fully saturated rings. The van der Waals surface area contributed by atoms with E-state index in [9.17, 15) is 0 Å². The molecule has 0 amide bonds. The van der Waals surface area contributed by atoms with Gasteiger partial charge < -0.3 is 0 Å². The van der Waals surface area contributed by atoms with Crippen LogP contribution in [-0.4, -0.2) is 0 Å². The van der Waals surface area contributed by atoms with Gasteiger partial charge in [-0.2, -0.15) is 0 Å². The number of benzene rings is 2. The number of hydrogen-bond acceptors (Lipinski definition) is 0. The van der Waals surface area contributed by atoms with E-state index in [1.165, 1.54) is 22.3 Å². The molecule has 2 rings (SSSR count). The van der Waals surface area contributed by atoms with Gasteiger partial charge in [-0.05, 0) is 28.7 Å². The fourth-order valence-electron chi connectivity index (χ4n) is 1.94. The van der Waals surface area contributed by atoms with Gasteiger partial charge >= 0.3 is 0 Å². The Balaban J connectivity index is 2.30. The summed E-state index contributed by atoms with van der Waals surface area (Å²) in [6, 6.07) is 16.8. The quantitative estimate of drug-likeness (QED) is 0.708. The molecule has 0 heterocycles. The fraction of sp³-hybridized carbons (Fsp3) is 0.0588. The van der Waals surface area contributed by atoms with Crippen LogP contribution in [0.1, 0.15) is 22.3 Å². The molecule has 0 nitrogen and oxygen atoms in total. The Morgan fingerprint density at radius 1 is 0.882 bits per heavy atom. The summed E-state index contributed by atoms with van der Waals surface area (Å²) in [5.74, 6) is 0. The first-order valence-corrected chi connectivity index (χ1v) is 5.75. The van der Waals surface area contributed by atoms with E-state index in [-0.39, 0.29) is 0 Å². The van der Waals surface area contributed by atoms with Crippen LogP contribution in [0.2, 0.25) is 0 Å². The summed E-state index contributed by atoms with van der Waals surface area (Å²) in [4.78, 5) is 0. The molecule has 17 heavy (non-hydrogen) atoms. The van der Waals surface area contributed by atoms with Gasteiger partial charge in [-0.3, -0.25) is 0 Å². The normalized spacial score (nSPS) is 9.88. The molecule has 0 radical (unpaired) electrons. The van der Waals surface area contributed by atoms with Crippen molar-refractivity contribution in [3.63, 3.8) is 0 Å². The third-order valence-corrected chi connectivity index (χ3v) is 2.86. The maximum absolute atomic E-state index is 3.85. The van der Waals surface area contributed by atoms with Crippen molar-refractivity contribution < 1.29 is 0 Å². The molecule has 0 saturated carbocycles. The molecule has 2 aromatic carbocycles. The minimum Gasteiger partial charge on any atom is -0.0985 e. The Labute approximate surface area is 103 Å². The van der Waals surface area contributed by atoms with Crippen LogP contribution < -0.4 is 0 Å². The zero-order chi connectivity index (χ0) is 12.1. The molecule has 0 bridgehead atoms. The summed E-state index contributed by atoms with van der Waals surface area (Å²) in [5, 5.41) is 0. The highest BCUT2D eigenvalue weighted by molar-refractivity contribution is 5.54. The second-order valence-corrected chi connectivity index (χ2v) is 4.03. The molecule has 0 aliphatic carbocycles. The van der Waals surface area contributed by atoms with E-state index >= 15 is 0 Å². The number of rotatable bonds is 4. The summed E-state index contributed by atoms with van der Waals surface area (Å²) in [6.07, 6.45) is 4.72. The van der Waals surface area contributed by atoms with Crippen LogP contribution >= 0.6 is 0 Å². The molecular formula is C17H16. The van der Waals surface area contributed by atoms with E-state index in [2.05, 4.69) is 55.6 Å². The lowest BCUT2D eigenvalue weighted by Gasteiger charge is -2.06. The Morgan fingerprint density at radius 3 is 2.47 bits per heavy atom. The van der Waals surface area contributed by atoms with Crippen molar-refractivity contribution in [1.82, 2.24) is 0 Å². The maximum atomic E-state index is 3.85. The first-order chi connectivity index (χ1) is 8.33. The first kappa shape index (κ1) is 11.4. The standard InChI is InChI=1S/C17H16/c1-3-14-8-7-9-15(12-14)13-17-11-6-5-10-16(17)4-2/h3-12H,1-2,13H2. The molecule has 0 spiro atoms. The lowest BCUT2D eigenvalue weighted by molar-refractivity contribution is 1.18. The monoisotopic (exact) mass is 220 g/mol. The molecule has 0 aromatic heterocycles. The van der Waals surface area contributed by atoms with Crippen LogP contribution in [0, 0.1) is 0 Å². The van der Waals surface area contributed by atoms with Crippen molar-refractivity contribution in [3.8, 4) is 0 Å². The van der Waals surface area contributed by atoms with E-state index in [0.29, 0.717) is 0 Å². The van der Waals surface area contributed by atoms with Crippen LogP contribution in [0.3, 0.4) is 0 Å². The summed E-state index contributed by atoms with van der Waals surface area (Å²) in [7, 11) is 0. The van der Waals surface area contributed by atoms with E-state index in [1.807, 2.05) is 18.2 Å². The van der Waals surface area contributed by atoms with Crippen molar-refractivity contribution in [2.45, 2.75) is 6.42 Å². The summed E-state index contributed by atoms with van der Waals surface area (Å²) in [5.41, 5.74) is 4.98. The molecule has 0 atom stereocenters. The predicted octanol–water partition coefficient (Wildman–Crippen LogP) is 4.56. The number of hydrogen-bond donors (Lipinski definition) is 0. The lowest BCUT2D eigenvalue weighted by Crippen LogP contribution is -1.91. The van der Waals surface area contributed by atoms with Gasteiger partial charge in [-0.15, -0.1) is 0 Å². The van der Waals surface area contributed by atoms with E-state index in [1.54, 1.807) is 0 Å².